The van der Waals surface area contributed by atoms with E-state index in [0.29, 0.717) is 26.2 Å². The van der Waals surface area contributed by atoms with Crippen molar-refractivity contribution < 1.29 is 9.59 Å². The number of aryl methyl sites for hydroxylation is 1. The molecule has 136 valence electrons. The van der Waals surface area contributed by atoms with Gasteiger partial charge in [-0.05, 0) is 24.6 Å². The third-order valence-corrected chi connectivity index (χ3v) is 4.81. The first-order valence-electron chi connectivity index (χ1n) is 8.96. The van der Waals surface area contributed by atoms with Gasteiger partial charge in [-0.2, -0.15) is 0 Å². The minimum atomic E-state index is -0.369. The van der Waals surface area contributed by atoms with Crippen LogP contribution in [0.2, 0.25) is 0 Å². The van der Waals surface area contributed by atoms with Gasteiger partial charge in [0.1, 0.15) is 6.04 Å². The quantitative estimate of drug-likeness (QED) is 0.922. The first-order valence-corrected chi connectivity index (χ1v) is 8.96. The van der Waals surface area contributed by atoms with Crippen LogP contribution in [0.5, 0.6) is 0 Å². The molecule has 0 radical (unpaired) electrons. The van der Waals surface area contributed by atoms with Gasteiger partial charge in [-0.1, -0.05) is 48.0 Å². The molecule has 0 aliphatic carbocycles. The second-order valence-electron chi connectivity index (χ2n) is 6.71. The van der Waals surface area contributed by atoms with Crippen LogP contribution in [0.1, 0.15) is 24.1 Å². The highest BCUT2D eigenvalue weighted by atomic mass is 16.2. The average Bonchev–Trinajstić information content (AvgIpc) is 2.65. The second-order valence-corrected chi connectivity index (χ2v) is 6.71. The van der Waals surface area contributed by atoms with E-state index in [-0.39, 0.29) is 17.9 Å². The van der Waals surface area contributed by atoms with E-state index in [0.717, 1.165) is 16.8 Å². The summed E-state index contributed by atoms with van der Waals surface area (Å²) in [7, 11) is 0. The van der Waals surface area contributed by atoms with E-state index in [1.54, 1.807) is 6.92 Å². The SMILES string of the molecule is CC(=O)N1CCN(C(C(=O)Nc2ccc(C)cc2)c2ccccc2)CC1. The van der Waals surface area contributed by atoms with Crippen molar-refractivity contribution in [3.8, 4) is 0 Å². The van der Waals surface area contributed by atoms with Crippen LogP contribution >= 0.6 is 0 Å². The molecule has 1 N–H and O–H groups in total. The van der Waals surface area contributed by atoms with Gasteiger partial charge in [0.05, 0.1) is 0 Å². The van der Waals surface area contributed by atoms with Gasteiger partial charge in [0, 0.05) is 38.8 Å². The van der Waals surface area contributed by atoms with Crippen molar-refractivity contribution in [1.29, 1.82) is 0 Å². The molecule has 0 spiro atoms. The van der Waals surface area contributed by atoms with Crippen molar-refractivity contribution >= 4 is 17.5 Å². The van der Waals surface area contributed by atoms with Crippen LogP contribution in [0, 0.1) is 6.92 Å². The molecular weight excluding hydrogens is 326 g/mol. The zero-order valence-electron chi connectivity index (χ0n) is 15.3. The summed E-state index contributed by atoms with van der Waals surface area (Å²) in [6.45, 7) is 6.27. The number of hydrogen-bond donors (Lipinski definition) is 1. The zero-order valence-corrected chi connectivity index (χ0v) is 15.3. The smallest absolute Gasteiger partial charge is 0.246 e. The van der Waals surface area contributed by atoms with E-state index in [9.17, 15) is 9.59 Å². The minimum Gasteiger partial charge on any atom is -0.340 e. The molecule has 1 atom stereocenters. The summed E-state index contributed by atoms with van der Waals surface area (Å²) in [6.07, 6.45) is 0. The lowest BCUT2D eigenvalue weighted by Crippen LogP contribution is -2.51. The third kappa shape index (κ3) is 4.29. The van der Waals surface area contributed by atoms with E-state index < -0.39 is 0 Å². The summed E-state index contributed by atoms with van der Waals surface area (Å²) in [6, 6.07) is 17.3. The maximum absolute atomic E-state index is 13.1. The molecule has 5 heteroatoms. The average molecular weight is 351 g/mol. The number of rotatable bonds is 4. The molecular formula is C21H25N3O2. The summed E-state index contributed by atoms with van der Waals surface area (Å²) in [4.78, 5) is 28.6. The molecule has 0 bridgehead atoms. The van der Waals surface area contributed by atoms with Gasteiger partial charge in [0.15, 0.2) is 0 Å². The topological polar surface area (TPSA) is 52.7 Å². The predicted molar refractivity (Wildman–Crippen MR) is 103 cm³/mol. The number of hydrogen-bond acceptors (Lipinski definition) is 3. The molecule has 2 aromatic rings. The largest absolute Gasteiger partial charge is 0.340 e. The van der Waals surface area contributed by atoms with Crippen molar-refractivity contribution in [3.05, 3.63) is 65.7 Å². The first-order chi connectivity index (χ1) is 12.5. The number of nitrogens with zero attached hydrogens (tertiary/aromatic N) is 2. The number of nitrogens with one attached hydrogen (secondary N) is 1. The number of anilines is 1. The number of carbonyl (C=O) groups excluding carboxylic acids is 2. The van der Waals surface area contributed by atoms with Gasteiger partial charge in [0.25, 0.3) is 0 Å². The Morgan fingerprint density at radius 3 is 2.12 bits per heavy atom. The molecule has 1 heterocycles. The fourth-order valence-electron chi connectivity index (χ4n) is 3.31. The summed E-state index contributed by atoms with van der Waals surface area (Å²) < 4.78 is 0. The normalized spacial score (nSPS) is 16.2. The Bertz CT molecular complexity index is 751. The molecule has 5 nitrogen and oxygen atoms in total. The Kier molecular flexibility index (Phi) is 5.68. The maximum Gasteiger partial charge on any atom is 0.246 e. The van der Waals surface area contributed by atoms with Gasteiger partial charge >= 0.3 is 0 Å². The molecule has 2 aromatic carbocycles. The van der Waals surface area contributed by atoms with Crippen molar-refractivity contribution in [2.24, 2.45) is 0 Å². The minimum absolute atomic E-state index is 0.0451. The third-order valence-electron chi connectivity index (χ3n) is 4.81. The van der Waals surface area contributed by atoms with E-state index in [4.69, 9.17) is 0 Å². The van der Waals surface area contributed by atoms with Crippen molar-refractivity contribution in [3.63, 3.8) is 0 Å². The predicted octanol–water partition coefficient (Wildman–Crippen LogP) is 2.84. The molecule has 1 unspecified atom stereocenters. The van der Waals surface area contributed by atoms with Crippen LogP contribution in [0.3, 0.4) is 0 Å². The van der Waals surface area contributed by atoms with Crippen LogP contribution in [0.25, 0.3) is 0 Å². The summed E-state index contributed by atoms with van der Waals surface area (Å²) >= 11 is 0. The van der Waals surface area contributed by atoms with E-state index in [1.807, 2.05) is 66.4 Å². The lowest BCUT2D eigenvalue weighted by molar-refractivity contribution is -0.131. The lowest BCUT2D eigenvalue weighted by Gasteiger charge is -2.38. The molecule has 1 aliphatic rings. The lowest BCUT2D eigenvalue weighted by atomic mass is 10.0. The number of amides is 2. The monoisotopic (exact) mass is 351 g/mol. The standard InChI is InChI=1S/C21H25N3O2/c1-16-8-10-19(11-9-16)22-21(26)20(18-6-4-3-5-7-18)24-14-12-23(13-15-24)17(2)25/h3-11,20H,12-15H2,1-2H3,(H,22,26). The number of carbonyl (C=O) groups is 2. The van der Waals surface area contributed by atoms with Crippen LogP contribution in [-0.2, 0) is 9.59 Å². The molecule has 0 aromatic heterocycles. The Labute approximate surface area is 154 Å². The highest BCUT2D eigenvalue weighted by Crippen LogP contribution is 2.24. The Hall–Kier alpha value is -2.66. The van der Waals surface area contributed by atoms with Crippen molar-refractivity contribution in [2.45, 2.75) is 19.9 Å². The Balaban J connectivity index is 1.79. The molecule has 0 saturated carbocycles. The molecule has 1 aliphatic heterocycles. The fraction of sp³-hybridized carbons (Fsp3) is 0.333. The Morgan fingerprint density at radius 2 is 1.54 bits per heavy atom. The fourth-order valence-corrected chi connectivity index (χ4v) is 3.31. The Morgan fingerprint density at radius 1 is 0.923 bits per heavy atom. The molecule has 2 amide bonds. The maximum atomic E-state index is 13.1. The van der Waals surface area contributed by atoms with Gasteiger partial charge in [-0.3, -0.25) is 14.5 Å². The van der Waals surface area contributed by atoms with E-state index >= 15 is 0 Å². The van der Waals surface area contributed by atoms with Crippen LogP contribution in [0.15, 0.2) is 54.6 Å². The summed E-state index contributed by atoms with van der Waals surface area (Å²) in [5, 5.41) is 3.04. The van der Waals surface area contributed by atoms with Crippen LogP contribution in [0.4, 0.5) is 5.69 Å². The van der Waals surface area contributed by atoms with E-state index in [2.05, 4.69) is 10.2 Å². The van der Waals surface area contributed by atoms with Crippen molar-refractivity contribution in [2.75, 3.05) is 31.5 Å². The molecule has 1 fully saturated rings. The molecule has 3 rings (SSSR count). The van der Waals surface area contributed by atoms with Gasteiger partial charge in [-0.25, -0.2) is 0 Å². The van der Waals surface area contributed by atoms with Gasteiger partial charge in [0.2, 0.25) is 11.8 Å². The zero-order chi connectivity index (χ0) is 18.5. The first kappa shape index (κ1) is 18.1. The van der Waals surface area contributed by atoms with Gasteiger partial charge < -0.3 is 10.2 Å². The number of piperazine rings is 1. The van der Waals surface area contributed by atoms with Gasteiger partial charge in [-0.15, -0.1) is 0 Å². The summed E-state index contributed by atoms with van der Waals surface area (Å²) in [5.41, 5.74) is 2.92. The van der Waals surface area contributed by atoms with Crippen molar-refractivity contribution in [1.82, 2.24) is 9.80 Å². The highest BCUT2D eigenvalue weighted by molar-refractivity contribution is 5.95. The molecule has 26 heavy (non-hydrogen) atoms. The second kappa shape index (κ2) is 8.15. The highest BCUT2D eigenvalue weighted by Gasteiger charge is 2.31. The molecule has 1 saturated heterocycles. The summed E-state index contributed by atoms with van der Waals surface area (Å²) in [5.74, 6) is 0.0429. The van der Waals surface area contributed by atoms with E-state index in [1.165, 1.54) is 0 Å². The number of benzene rings is 2. The van der Waals surface area contributed by atoms with Crippen LogP contribution in [-0.4, -0.2) is 47.8 Å². The van der Waals surface area contributed by atoms with Crippen LogP contribution < -0.4 is 5.32 Å².